The van der Waals surface area contributed by atoms with Crippen LogP contribution >= 0.6 is 0 Å². The van der Waals surface area contributed by atoms with Gasteiger partial charge in [0.2, 0.25) is 5.09 Å². The first-order valence-electron chi connectivity index (χ1n) is 10.9. The Kier molecular flexibility index (Phi) is 5.67. The van der Waals surface area contributed by atoms with Gasteiger partial charge < -0.3 is 14.3 Å². The molecule has 0 radical (unpaired) electrons. The lowest BCUT2D eigenvalue weighted by molar-refractivity contribution is 0.267. The molecular formula is C20H27N7O5S2. The van der Waals surface area contributed by atoms with Crippen LogP contribution in [0.5, 0.6) is 0 Å². The SMILES string of the molecule is CN(C)S(=O)(=O)c1ccc(CCNS(=O)(=O)N2CCN(c3ncnc4[nH]ccc34)CC23CC3)o1. The lowest BCUT2D eigenvalue weighted by Gasteiger charge is -2.41. The van der Waals surface area contributed by atoms with Crippen LogP contribution in [-0.4, -0.2) is 86.2 Å². The normalized spacial score (nSPS) is 18.9. The Morgan fingerprint density at radius 2 is 1.94 bits per heavy atom. The van der Waals surface area contributed by atoms with Crippen molar-refractivity contribution >= 4 is 37.1 Å². The summed E-state index contributed by atoms with van der Waals surface area (Å²) in [7, 11) is -4.55. The van der Waals surface area contributed by atoms with E-state index in [2.05, 4.69) is 24.6 Å². The topological polar surface area (TPSA) is 145 Å². The molecule has 34 heavy (non-hydrogen) atoms. The molecule has 14 heteroatoms. The number of aromatic nitrogens is 3. The monoisotopic (exact) mass is 509 g/mol. The van der Waals surface area contributed by atoms with Crippen molar-refractivity contribution in [3.63, 3.8) is 0 Å². The average Bonchev–Trinajstić information content (AvgIpc) is 3.18. The first kappa shape index (κ1) is 23.2. The van der Waals surface area contributed by atoms with Crippen LogP contribution in [0.25, 0.3) is 11.0 Å². The van der Waals surface area contributed by atoms with Crippen molar-refractivity contribution < 1.29 is 21.3 Å². The summed E-state index contributed by atoms with van der Waals surface area (Å²) in [6.45, 7) is 1.53. The van der Waals surface area contributed by atoms with Gasteiger partial charge in [0, 0.05) is 52.9 Å². The number of hydrogen-bond acceptors (Lipinski definition) is 8. The fourth-order valence-electron chi connectivity index (χ4n) is 4.37. The van der Waals surface area contributed by atoms with Crippen LogP contribution in [0, 0.1) is 0 Å². The maximum atomic E-state index is 13.1. The molecule has 5 rings (SSSR count). The Hall–Kier alpha value is -2.52. The van der Waals surface area contributed by atoms with Gasteiger partial charge in [0.1, 0.15) is 23.6 Å². The summed E-state index contributed by atoms with van der Waals surface area (Å²) in [5.41, 5.74) is 0.306. The fourth-order valence-corrected chi connectivity index (χ4v) is 6.77. The van der Waals surface area contributed by atoms with Gasteiger partial charge in [0.15, 0.2) is 0 Å². The Bertz CT molecular complexity index is 1410. The van der Waals surface area contributed by atoms with Crippen molar-refractivity contribution in [2.45, 2.75) is 29.9 Å². The molecule has 2 fully saturated rings. The van der Waals surface area contributed by atoms with Gasteiger partial charge in [-0.2, -0.15) is 12.7 Å². The molecule has 0 unspecified atom stereocenters. The van der Waals surface area contributed by atoms with Crippen molar-refractivity contribution in [2.75, 3.05) is 45.2 Å². The molecule has 0 aromatic carbocycles. The van der Waals surface area contributed by atoms with Crippen LogP contribution in [0.3, 0.4) is 0 Å². The van der Waals surface area contributed by atoms with E-state index in [1.807, 2.05) is 12.3 Å². The van der Waals surface area contributed by atoms with Crippen LogP contribution < -0.4 is 9.62 Å². The molecule has 2 N–H and O–H groups in total. The Labute approximate surface area is 198 Å². The first-order valence-corrected chi connectivity index (χ1v) is 13.8. The van der Waals surface area contributed by atoms with E-state index in [0.717, 1.165) is 34.0 Å². The highest BCUT2D eigenvalue weighted by atomic mass is 32.2. The highest BCUT2D eigenvalue weighted by Gasteiger charge is 2.56. The molecule has 0 atom stereocenters. The second-order valence-corrected chi connectivity index (χ2v) is 12.6. The molecule has 184 valence electrons. The molecular weight excluding hydrogens is 482 g/mol. The number of rotatable bonds is 8. The van der Waals surface area contributed by atoms with E-state index in [-0.39, 0.29) is 18.1 Å². The molecule has 1 saturated carbocycles. The summed E-state index contributed by atoms with van der Waals surface area (Å²) < 4.78 is 61.3. The Balaban J connectivity index is 1.23. The lowest BCUT2D eigenvalue weighted by Crippen LogP contribution is -2.59. The average molecular weight is 510 g/mol. The number of nitrogens with zero attached hydrogens (tertiary/aromatic N) is 5. The molecule has 3 aromatic rings. The highest BCUT2D eigenvalue weighted by Crippen LogP contribution is 2.46. The standard InChI is InChI=1S/C20H27N7O5S2/c1-25(2)33(28,29)17-4-3-15(32-17)5-10-24-34(30,31)27-12-11-26(13-20(27)7-8-20)19-16-6-9-21-18(16)22-14-23-19/h3-4,6,9,14,24H,5,7-8,10-13H2,1-2H3,(H,21,22,23). The zero-order chi connectivity index (χ0) is 24.1. The number of furan rings is 1. The predicted molar refractivity (Wildman–Crippen MR) is 125 cm³/mol. The molecule has 12 nitrogen and oxygen atoms in total. The smallest absolute Gasteiger partial charge is 0.280 e. The second kappa shape index (κ2) is 8.30. The summed E-state index contributed by atoms with van der Waals surface area (Å²) in [5, 5.41) is 0.756. The van der Waals surface area contributed by atoms with Gasteiger partial charge in [-0.15, -0.1) is 0 Å². The van der Waals surface area contributed by atoms with E-state index in [9.17, 15) is 16.8 Å². The van der Waals surface area contributed by atoms with Crippen LogP contribution in [0.15, 0.2) is 40.2 Å². The van der Waals surface area contributed by atoms with Gasteiger partial charge >= 0.3 is 0 Å². The quantitative estimate of drug-likeness (QED) is 0.447. The molecule has 1 aliphatic carbocycles. The molecule has 0 amide bonds. The minimum atomic E-state index is -3.72. The number of H-pyrrole nitrogens is 1. The maximum absolute atomic E-state index is 13.1. The zero-order valence-corrected chi connectivity index (χ0v) is 20.6. The van der Waals surface area contributed by atoms with Gasteiger partial charge in [-0.3, -0.25) is 0 Å². The molecule has 0 bridgehead atoms. The van der Waals surface area contributed by atoms with Gasteiger partial charge in [-0.25, -0.2) is 27.4 Å². The Morgan fingerprint density at radius 1 is 1.15 bits per heavy atom. The van der Waals surface area contributed by atoms with Crippen molar-refractivity contribution in [1.29, 1.82) is 0 Å². The van der Waals surface area contributed by atoms with Crippen molar-refractivity contribution in [3.8, 4) is 0 Å². The summed E-state index contributed by atoms with van der Waals surface area (Å²) in [6, 6.07) is 4.86. The van der Waals surface area contributed by atoms with Crippen molar-refractivity contribution in [2.24, 2.45) is 0 Å². The molecule has 3 aromatic heterocycles. The van der Waals surface area contributed by atoms with E-state index in [1.54, 1.807) is 10.4 Å². The van der Waals surface area contributed by atoms with E-state index in [1.165, 1.54) is 26.5 Å². The summed E-state index contributed by atoms with van der Waals surface area (Å²) in [6.07, 6.45) is 5.15. The third-order valence-corrected chi connectivity index (χ3v) is 9.77. The first-order chi connectivity index (χ1) is 16.1. The van der Waals surface area contributed by atoms with Gasteiger partial charge in [-0.1, -0.05) is 0 Å². The minimum absolute atomic E-state index is 0.101. The van der Waals surface area contributed by atoms with E-state index >= 15 is 0 Å². The number of anilines is 1. The highest BCUT2D eigenvalue weighted by molar-refractivity contribution is 7.89. The van der Waals surface area contributed by atoms with E-state index in [0.29, 0.717) is 25.4 Å². The second-order valence-electron chi connectivity index (χ2n) is 8.81. The van der Waals surface area contributed by atoms with Crippen LogP contribution in [0.2, 0.25) is 0 Å². The largest absolute Gasteiger partial charge is 0.448 e. The number of nitrogens with one attached hydrogen (secondary N) is 2. The molecule has 2 aliphatic rings. The third-order valence-electron chi connectivity index (χ3n) is 6.36. The van der Waals surface area contributed by atoms with E-state index < -0.39 is 25.8 Å². The number of hydrogen-bond donors (Lipinski definition) is 2. The van der Waals surface area contributed by atoms with Crippen molar-refractivity contribution in [3.05, 3.63) is 36.5 Å². The predicted octanol–water partition coefficient (Wildman–Crippen LogP) is 0.533. The summed E-state index contributed by atoms with van der Waals surface area (Å²) in [5.74, 6) is 1.21. The summed E-state index contributed by atoms with van der Waals surface area (Å²) in [4.78, 5) is 13.9. The van der Waals surface area contributed by atoms with Crippen molar-refractivity contribution in [1.82, 2.24) is 28.3 Å². The maximum Gasteiger partial charge on any atom is 0.280 e. The summed E-state index contributed by atoms with van der Waals surface area (Å²) >= 11 is 0. The van der Waals surface area contributed by atoms with E-state index in [4.69, 9.17) is 4.42 Å². The number of aromatic amines is 1. The van der Waals surface area contributed by atoms with Crippen LogP contribution in [0.1, 0.15) is 18.6 Å². The number of fused-ring (bicyclic) bond motifs is 1. The lowest BCUT2D eigenvalue weighted by atomic mass is 10.2. The van der Waals surface area contributed by atoms with Crippen LogP contribution in [-0.2, 0) is 26.7 Å². The molecule has 1 spiro atoms. The molecule has 1 saturated heterocycles. The zero-order valence-electron chi connectivity index (χ0n) is 18.9. The van der Waals surface area contributed by atoms with Gasteiger partial charge in [-0.05, 0) is 31.0 Å². The molecule has 4 heterocycles. The van der Waals surface area contributed by atoms with Gasteiger partial charge in [0.05, 0.1) is 10.9 Å². The van der Waals surface area contributed by atoms with Gasteiger partial charge in [0.25, 0.3) is 20.2 Å². The Morgan fingerprint density at radius 3 is 2.68 bits per heavy atom. The molecule has 1 aliphatic heterocycles. The number of sulfonamides is 1. The third kappa shape index (κ3) is 4.09. The minimum Gasteiger partial charge on any atom is -0.448 e. The number of piperazine rings is 1. The van der Waals surface area contributed by atoms with Crippen LogP contribution in [0.4, 0.5) is 5.82 Å². The fraction of sp³-hybridized carbons (Fsp3) is 0.500.